The molecule has 20 heavy (non-hydrogen) atoms. The number of hydrogen-bond acceptors (Lipinski definition) is 3. The van der Waals surface area contributed by atoms with Crippen LogP contribution in [0.25, 0.3) is 0 Å². The molecule has 6 heteroatoms. The Morgan fingerprint density at radius 2 is 1.55 bits per heavy atom. The molecule has 0 spiro atoms. The highest BCUT2D eigenvalue weighted by Crippen LogP contribution is 2.22. The molecule has 0 heterocycles. The summed E-state index contributed by atoms with van der Waals surface area (Å²) in [5.74, 6) is -0.0677. The van der Waals surface area contributed by atoms with Crippen LogP contribution in [0.5, 0.6) is 0 Å². The minimum atomic E-state index is -0.477. The predicted octanol–water partition coefficient (Wildman–Crippen LogP) is 2.30. The van der Waals surface area contributed by atoms with E-state index in [0.29, 0.717) is 0 Å². The number of amides is 1. The first kappa shape index (κ1) is 25.0. The smallest absolute Gasteiger partial charge is 0.237 e. The van der Waals surface area contributed by atoms with Gasteiger partial charge in [-0.2, -0.15) is 0 Å². The standard InChI is InChI=1S/C14H31N3O.2ClH/c1-10(14(5,6)9-17(7)8)16-12(18)11(15)13(2,3)4;;/h10-11H,9,15H2,1-8H3,(H,16,18);2*1H/t10?,11-;;/m1../s1. The van der Waals surface area contributed by atoms with Crippen molar-refractivity contribution in [2.75, 3.05) is 20.6 Å². The highest BCUT2D eigenvalue weighted by molar-refractivity contribution is 5.85. The van der Waals surface area contributed by atoms with E-state index >= 15 is 0 Å². The maximum Gasteiger partial charge on any atom is 0.237 e. The molecule has 0 bridgehead atoms. The lowest BCUT2D eigenvalue weighted by atomic mass is 9.83. The zero-order valence-electron chi connectivity index (χ0n) is 14.1. The number of hydrogen-bond donors (Lipinski definition) is 2. The third kappa shape index (κ3) is 8.30. The van der Waals surface area contributed by atoms with Crippen LogP contribution in [0.3, 0.4) is 0 Å². The van der Waals surface area contributed by atoms with Gasteiger partial charge in [-0.15, -0.1) is 24.8 Å². The summed E-state index contributed by atoms with van der Waals surface area (Å²) in [7, 11) is 4.08. The average molecular weight is 330 g/mol. The quantitative estimate of drug-likeness (QED) is 0.813. The van der Waals surface area contributed by atoms with Gasteiger partial charge in [0.05, 0.1) is 6.04 Å². The number of halogens is 2. The molecule has 0 radical (unpaired) electrons. The number of nitrogens with one attached hydrogen (secondary N) is 1. The number of carbonyl (C=O) groups excluding carboxylic acids is 1. The Labute approximate surface area is 137 Å². The van der Waals surface area contributed by atoms with Crippen molar-refractivity contribution in [2.24, 2.45) is 16.6 Å². The molecule has 0 aliphatic rings. The first-order chi connectivity index (χ1) is 7.88. The van der Waals surface area contributed by atoms with Crippen LogP contribution in [-0.4, -0.2) is 43.5 Å². The van der Waals surface area contributed by atoms with Gasteiger partial charge in [0.2, 0.25) is 5.91 Å². The van der Waals surface area contributed by atoms with Gasteiger partial charge in [0.25, 0.3) is 0 Å². The van der Waals surface area contributed by atoms with Gasteiger partial charge in [-0.1, -0.05) is 34.6 Å². The van der Waals surface area contributed by atoms with Crippen LogP contribution >= 0.6 is 24.8 Å². The molecule has 3 N–H and O–H groups in total. The SMILES string of the molecule is CC(NC(=O)[C@@H](N)C(C)(C)C)C(C)(C)CN(C)C.Cl.Cl. The Balaban J connectivity index is -0.00000144. The molecule has 0 saturated heterocycles. The fourth-order valence-corrected chi connectivity index (χ4v) is 1.84. The molecule has 0 aliphatic carbocycles. The summed E-state index contributed by atoms with van der Waals surface area (Å²) in [5.41, 5.74) is 5.76. The summed E-state index contributed by atoms with van der Waals surface area (Å²) in [6.45, 7) is 13.2. The second kappa shape index (κ2) is 9.08. The molecule has 124 valence electrons. The molecule has 0 aromatic rings. The van der Waals surface area contributed by atoms with Crippen LogP contribution in [-0.2, 0) is 4.79 Å². The van der Waals surface area contributed by atoms with Crippen molar-refractivity contribution in [3.63, 3.8) is 0 Å². The predicted molar refractivity (Wildman–Crippen MR) is 91.9 cm³/mol. The zero-order chi connectivity index (χ0) is 14.7. The van der Waals surface area contributed by atoms with Crippen LogP contribution < -0.4 is 11.1 Å². The lowest BCUT2D eigenvalue weighted by Gasteiger charge is -2.36. The van der Waals surface area contributed by atoms with Crippen molar-refractivity contribution in [1.29, 1.82) is 0 Å². The average Bonchev–Trinajstić information content (AvgIpc) is 2.12. The van der Waals surface area contributed by atoms with Crippen molar-refractivity contribution in [1.82, 2.24) is 10.2 Å². The Hall–Kier alpha value is -0.0300. The molecule has 1 amide bonds. The maximum absolute atomic E-state index is 12.1. The lowest BCUT2D eigenvalue weighted by Crippen LogP contribution is -2.55. The summed E-state index contributed by atoms with van der Waals surface area (Å²) in [4.78, 5) is 14.2. The lowest BCUT2D eigenvalue weighted by molar-refractivity contribution is -0.126. The number of nitrogens with two attached hydrogens (primary N) is 1. The van der Waals surface area contributed by atoms with Crippen molar-refractivity contribution >= 4 is 30.7 Å². The molecular formula is C14H33Cl2N3O. The van der Waals surface area contributed by atoms with Gasteiger partial charge >= 0.3 is 0 Å². The van der Waals surface area contributed by atoms with Crippen LogP contribution in [0.1, 0.15) is 41.5 Å². The third-order valence-electron chi connectivity index (χ3n) is 3.47. The molecule has 0 aromatic heterocycles. The maximum atomic E-state index is 12.1. The second-order valence-corrected chi connectivity index (χ2v) is 7.30. The molecule has 2 atom stereocenters. The van der Waals surface area contributed by atoms with Gasteiger partial charge in [-0.05, 0) is 31.8 Å². The van der Waals surface area contributed by atoms with Crippen LogP contribution in [0.4, 0.5) is 0 Å². The molecule has 0 rings (SSSR count). The summed E-state index contributed by atoms with van der Waals surface area (Å²) in [5, 5.41) is 3.04. The highest BCUT2D eigenvalue weighted by Gasteiger charge is 2.32. The van der Waals surface area contributed by atoms with Gasteiger partial charge in [-0.3, -0.25) is 4.79 Å². The van der Waals surface area contributed by atoms with E-state index in [9.17, 15) is 4.79 Å². The molecule has 0 saturated carbocycles. The topological polar surface area (TPSA) is 58.4 Å². The monoisotopic (exact) mass is 329 g/mol. The van der Waals surface area contributed by atoms with E-state index in [4.69, 9.17) is 5.73 Å². The van der Waals surface area contributed by atoms with Gasteiger partial charge < -0.3 is 16.0 Å². The Kier molecular flexibility index (Phi) is 11.3. The Morgan fingerprint density at radius 1 is 1.15 bits per heavy atom. The zero-order valence-corrected chi connectivity index (χ0v) is 15.7. The Bertz CT molecular complexity index is 289. The second-order valence-electron chi connectivity index (χ2n) is 7.30. The van der Waals surface area contributed by atoms with Gasteiger partial charge in [0.15, 0.2) is 0 Å². The number of rotatable bonds is 5. The minimum absolute atomic E-state index is 0. The Morgan fingerprint density at radius 3 is 1.85 bits per heavy atom. The van der Waals surface area contributed by atoms with Crippen molar-refractivity contribution < 1.29 is 4.79 Å². The van der Waals surface area contributed by atoms with Crippen molar-refractivity contribution in [3.05, 3.63) is 0 Å². The third-order valence-corrected chi connectivity index (χ3v) is 3.47. The highest BCUT2D eigenvalue weighted by atomic mass is 35.5. The minimum Gasteiger partial charge on any atom is -0.352 e. The van der Waals surface area contributed by atoms with Gasteiger partial charge in [-0.25, -0.2) is 0 Å². The molecule has 0 aromatic carbocycles. The van der Waals surface area contributed by atoms with E-state index in [2.05, 4.69) is 24.1 Å². The van der Waals surface area contributed by atoms with Crippen LogP contribution in [0.15, 0.2) is 0 Å². The fourth-order valence-electron chi connectivity index (χ4n) is 1.84. The first-order valence-electron chi connectivity index (χ1n) is 6.58. The van der Waals surface area contributed by atoms with E-state index in [-0.39, 0.29) is 47.6 Å². The normalized spacial score (nSPS) is 14.9. The van der Waals surface area contributed by atoms with Crippen molar-refractivity contribution in [2.45, 2.75) is 53.6 Å². The van der Waals surface area contributed by atoms with Crippen molar-refractivity contribution in [3.8, 4) is 0 Å². The number of carbonyl (C=O) groups is 1. The molecular weight excluding hydrogens is 297 g/mol. The number of nitrogens with zero attached hydrogens (tertiary/aromatic N) is 1. The van der Waals surface area contributed by atoms with E-state index in [1.807, 2.05) is 41.8 Å². The van der Waals surface area contributed by atoms with E-state index in [0.717, 1.165) is 6.54 Å². The molecule has 1 unspecified atom stereocenters. The van der Waals surface area contributed by atoms with Crippen LogP contribution in [0.2, 0.25) is 0 Å². The van der Waals surface area contributed by atoms with Gasteiger partial charge in [0, 0.05) is 12.6 Å². The fraction of sp³-hybridized carbons (Fsp3) is 0.929. The summed E-state index contributed by atoms with van der Waals surface area (Å²) in [6, 6.07) is -0.393. The molecule has 0 aliphatic heterocycles. The largest absolute Gasteiger partial charge is 0.352 e. The van der Waals surface area contributed by atoms with E-state index < -0.39 is 6.04 Å². The van der Waals surface area contributed by atoms with E-state index in [1.165, 1.54) is 0 Å². The summed E-state index contributed by atoms with van der Waals surface area (Å²) < 4.78 is 0. The van der Waals surface area contributed by atoms with E-state index in [1.54, 1.807) is 0 Å². The molecule has 0 fully saturated rings. The first-order valence-corrected chi connectivity index (χ1v) is 6.58. The van der Waals surface area contributed by atoms with Gasteiger partial charge in [0.1, 0.15) is 0 Å². The molecule has 4 nitrogen and oxygen atoms in total. The summed E-state index contributed by atoms with van der Waals surface area (Å²) >= 11 is 0. The summed E-state index contributed by atoms with van der Waals surface area (Å²) in [6.07, 6.45) is 0. The van der Waals surface area contributed by atoms with Crippen LogP contribution in [0, 0.1) is 10.8 Å².